The smallest absolute Gasteiger partial charge is 0.170 e. The molecule has 1 heterocycles. The van der Waals surface area contributed by atoms with Crippen molar-refractivity contribution in [1.29, 1.82) is 0 Å². The highest BCUT2D eigenvalue weighted by Crippen LogP contribution is 2.42. The summed E-state index contributed by atoms with van der Waals surface area (Å²) in [6.07, 6.45) is 3.05. The molecule has 0 atom stereocenters. The number of aromatic nitrogens is 1. The van der Waals surface area contributed by atoms with Crippen LogP contribution in [0.15, 0.2) is 30.5 Å². The van der Waals surface area contributed by atoms with E-state index >= 15 is 0 Å². The summed E-state index contributed by atoms with van der Waals surface area (Å²) in [5, 5.41) is 1.23. The molecule has 3 nitrogen and oxygen atoms in total. The number of para-hydroxylation sites is 1. The Balaban J connectivity index is 2.51. The molecule has 2 rings (SSSR count). The van der Waals surface area contributed by atoms with E-state index < -0.39 is 7.29 Å². The number of rotatable bonds is 4. The van der Waals surface area contributed by atoms with E-state index in [2.05, 4.69) is 31.3 Å². The molecule has 0 unspecified atom stereocenters. The topological polar surface area (TPSA) is 25.2 Å². The first kappa shape index (κ1) is 13.4. The fourth-order valence-electron chi connectivity index (χ4n) is 2.17. The zero-order valence-corrected chi connectivity index (χ0v) is 12.4. The van der Waals surface area contributed by atoms with Crippen LogP contribution < -0.4 is 0 Å². The largest absolute Gasteiger partial charge is 0.309 e. The Hall–Kier alpha value is -1.05. The zero-order chi connectivity index (χ0) is 13.3. The molecule has 2 aromatic rings. The Kier molecular flexibility index (Phi) is 3.65. The highest BCUT2D eigenvalue weighted by atomic mass is 31.2. The van der Waals surface area contributed by atoms with Gasteiger partial charge in [0.25, 0.3) is 0 Å². The van der Waals surface area contributed by atoms with E-state index in [9.17, 15) is 4.57 Å². The predicted octanol–water partition coefficient (Wildman–Crippen LogP) is 3.13. The highest BCUT2D eigenvalue weighted by Gasteiger charge is 2.16. The van der Waals surface area contributed by atoms with Crippen molar-refractivity contribution < 1.29 is 4.57 Å². The minimum Gasteiger partial charge on any atom is -0.309 e. The fraction of sp³-hybridized carbons (Fsp3) is 0.429. The van der Waals surface area contributed by atoms with E-state index in [1.807, 2.05) is 35.9 Å². The van der Waals surface area contributed by atoms with Crippen LogP contribution in [-0.2, 0) is 11.0 Å². The normalized spacial score (nSPS) is 12.5. The van der Waals surface area contributed by atoms with E-state index in [-0.39, 0.29) is 0 Å². The third-order valence-corrected chi connectivity index (χ3v) is 4.49. The lowest BCUT2D eigenvalue weighted by Crippen LogP contribution is -2.14. The SMILES string of the molecule is CN(C)CCc1cn(P(C)(C)=O)c2ccccc12. The molecule has 1 aromatic carbocycles. The summed E-state index contributed by atoms with van der Waals surface area (Å²) in [4.78, 5) is 2.17. The molecule has 18 heavy (non-hydrogen) atoms. The summed E-state index contributed by atoms with van der Waals surface area (Å²) in [7, 11) is 1.86. The minimum atomic E-state index is -2.29. The fourth-order valence-corrected chi connectivity index (χ4v) is 3.28. The molecule has 0 aliphatic rings. The van der Waals surface area contributed by atoms with Gasteiger partial charge in [0.05, 0.1) is 5.52 Å². The zero-order valence-electron chi connectivity index (χ0n) is 11.6. The van der Waals surface area contributed by atoms with Gasteiger partial charge in [-0.25, -0.2) is 0 Å². The molecule has 0 aliphatic carbocycles. The van der Waals surface area contributed by atoms with Crippen molar-refractivity contribution in [1.82, 2.24) is 9.24 Å². The average molecular weight is 264 g/mol. The maximum atomic E-state index is 12.3. The van der Waals surface area contributed by atoms with E-state index in [1.165, 1.54) is 10.9 Å². The quantitative estimate of drug-likeness (QED) is 0.793. The second-order valence-electron chi connectivity index (χ2n) is 5.36. The first-order chi connectivity index (χ1) is 8.39. The second-order valence-corrected chi connectivity index (χ2v) is 8.38. The van der Waals surface area contributed by atoms with Crippen LogP contribution in [0.2, 0.25) is 0 Å². The van der Waals surface area contributed by atoms with Crippen molar-refractivity contribution in [2.24, 2.45) is 0 Å². The number of benzene rings is 1. The average Bonchev–Trinajstić information content (AvgIpc) is 2.65. The second kappa shape index (κ2) is 4.91. The van der Waals surface area contributed by atoms with Crippen LogP contribution in [0.1, 0.15) is 5.56 Å². The van der Waals surface area contributed by atoms with Gasteiger partial charge in [0.1, 0.15) is 0 Å². The van der Waals surface area contributed by atoms with Gasteiger partial charge >= 0.3 is 0 Å². The van der Waals surface area contributed by atoms with Crippen molar-refractivity contribution in [2.45, 2.75) is 6.42 Å². The molecular weight excluding hydrogens is 243 g/mol. The molecule has 0 N–H and O–H groups in total. The van der Waals surface area contributed by atoms with Crippen molar-refractivity contribution in [2.75, 3.05) is 34.0 Å². The van der Waals surface area contributed by atoms with Gasteiger partial charge in [-0.2, -0.15) is 0 Å². The molecule has 0 amide bonds. The lowest BCUT2D eigenvalue weighted by molar-refractivity contribution is 0.414. The summed E-state index contributed by atoms with van der Waals surface area (Å²) in [5.41, 5.74) is 2.36. The third-order valence-electron chi connectivity index (χ3n) is 3.12. The van der Waals surface area contributed by atoms with Crippen LogP contribution in [-0.4, -0.2) is 43.2 Å². The molecule has 0 fully saturated rings. The summed E-state index contributed by atoms with van der Waals surface area (Å²) in [5.74, 6) is 0. The molecule has 4 heteroatoms. The van der Waals surface area contributed by atoms with Gasteiger partial charge in [-0.05, 0) is 32.1 Å². The molecule has 0 spiro atoms. The molecule has 0 aliphatic heterocycles. The van der Waals surface area contributed by atoms with Crippen LogP contribution in [0.5, 0.6) is 0 Å². The third kappa shape index (κ3) is 2.68. The van der Waals surface area contributed by atoms with Gasteiger partial charge in [0, 0.05) is 31.5 Å². The Morgan fingerprint density at radius 1 is 1.22 bits per heavy atom. The van der Waals surface area contributed by atoms with Crippen molar-refractivity contribution in [3.8, 4) is 0 Å². The van der Waals surface area contributed by atoms with Crippen LogP contribution in [0.3, 0.4) is 0 Å². The molecule has 1 aromatic heterocycles. The molecule has 0 bridgehead atoms. The number of hydrogen-bond acceptors (Lipinski definition) is 2. The number of nitrogens with zero attached hydrogens (tertiary/aromatic N) is 2. The maximum Gasteiger partial charge on any atom is 0.170 e. The van der Waals surface area contributed by atoms with Gasteiger partial charge in [-0.15, -0.1) is 0 Å². The maximum absolute atomic E-state index is 12.3. The van der Waals surface area contributed by atoms with E-state index in [0.717, 1.165) is 18.5 Å². The summed E-state index contributed by atoms with van der Waals surface area (Å²) < 4.78 is 14.3. The molecule has 0 radical (unpaired) electrons. The van der Waals surface area contributed by atoms with Crippen molar-refractivity contribution in [3.05, 3.63) is 36.0 Å². The standard InChI is InChI=1S/C14H21N2OP/c1-15(2)10-9-12-11-16(18(3,4)17)14-8-6-5-7-13(12)14/h5-8,11H,9-10H2,1-4H3. The van der Waals surface area contributed by atoms with E-state index in [4.69, 9.17) is 0 Å². The van der Waals surface area contributed by atoms with Gasteiger partial charge in [0.15, 0.2) is 7.29 Å². The number of likely N-dealkylation sites (N-methyl/N-ethyl adjacent to an activating group) is 1. The van der Waals surface area contributed by atoms with Crippen molar-refractivity contribution >= 4 is 18.2 Å². The monoisotopic (exact) mass is 264 g/mol. The Labute approximate surface area is 109 Å². The molecule has 98 valence electrons. The van der Waals surface area contributed by atoms with Gasteiger partial charge in [0.2, 0.25) is 0 Å². The first-order valence-electron chi connectivity index (χ1n) is 6.19. The Morgan fingerprint density at radius 3 is 2.50 bits per heavy atom. The first-order valence-corrected chi connectivity index (χ1v) is 8.74. The Bertz CT molecular complexity index is 595. The number of hydrogen-bond donors (Lipinski definition) is 0. The lowest BCUT2D eigenvalue weighted by Gasteiger charge is -2.10. The van der Waals surface area contributed by atoms with Gasteiger partial charge in [-0.1, -0.05) is 18.2 Å². The van der Waals surface area contributed by atoms with Crippen LogP contribution >= 0.6 is 7.29 Å². The van der Waals surface area contributed by atoms with Gasteiger partial charge in [-0.3, -0.25) is 4.34 Å². The van der Waals surface area contributed by atoms with Gasteiger partial charge < -0.3 is 9.46 Å². The van der Waals surface area contributed by atoms with Crippen LogP contribution in [0.25, 0.3) is 10.9 Å². The molecule has 0 saturated heterocycles. The Morgan fingerprint density at radius 2 is 1.89 bits per heavy atom. The summed E-state index contributed by atoms with van der Waals surface area (Å²) >= 11 is 0. The van der Waals surface area contributed by atoms with Crippen LogP contribution in [0, 0.1) is 0 Å². The molecule has 0 saturated carbocycles. The number of fused-ring (bicyclic) bond motifs is 1. The predicted molar refractivity (Wildman–Crippen MR) is 79.0 cm³/mol. The summed E-state index contributed by atoms with van der Waals surface area (Å²) in [6.45, 7) is 4.63. The molecular formula is C14H21N2OP. The minimum absolute atomic E-state index is 0.987. The van der Waals surface area contributed by atoms with E-state index in [0.29, 0.717) is 0 Å². The van der Waals surface area contributed by atoms with Crippen molar-refractivity contribution in [3.63, 3.8) is 0 Å². The highest BCUT2D eigenvalue weighted by molar-refractivity contribution is 7.61. The summed E-state index contributed by atoms with van der Waals surface area (Å²) in [6, 6.07) is 8.22. The lowest BCUT2D eigenvalue weighted by atomic mass is 10.1. The van der Waals surface area contributed by atoms with Crippen LogP contribution in [0.4, 0.5) is 0 Å². The van der Waals surface area contributed by atoms with E-state index in [1.54, 1.807) is 0 Å².